The van der Waals surface area contributed by atoms with Gasteiger partial charge in [-0.15, -0.1) is 0 Å². The summed E-state index contributed by atoms with van der Waals surface area (Å²) in [5.41, 5.74) is 0. The molecule has 0 aliphatic heterocycles. The standard InChI is InChI=1S/C8H14O.K.H/c9-8-6-4-2-1-3-5-7-8;;/h1-7H2;;/q;+1;-1. The maximum atomic E-state index is 10.8. The molecule has 1 rings (SSSR count). The average molecular weight is 166 g/mol. The Labute approximate surface area is 107 Å². The molecule has 0 N–H and O–H groups in total. The van der Waals surface area contributed by atoms with E-state index in [0.29, 0.717) is 5.78 Å². The summed E-state index contributed by atoms with van der Waals surface area (Å²) in [4.78, 5) is 10.8. The summed E-state index contributed by atoms with van der Waals surface area (Å²) in [6.07, 6.45) is 7.85. The molecule has 0 amide bonds. The number of ketones is 1. The van der Waals surface area contributed by atoms with Crippen molar-refractivity contribution in [3.8, 4) is 0 Å². The zero-order valence-electron chi connectivity index (χ0n) is 7.86. The maximum absolute atomic E-state index is 10.8. The third-order valence-electron chi connectivity index (χ3n) is 1.91. The van der Waals surface area contributed by atoms with Crippen molar-refractivity contribution in [1.29, 1.82) is 0 Å². The van der Waals surface area contributed by atoms with Crippen LogP contribution in [0, 0.1) is 0 Å². The Balaban J connectivity index is 0. The predicted octanol–water partition coefficient (Wildman–Crippen LogP) is -0.584. The van der Waals surface area contributed by atoms with Gasteiger partial charge in [-0.1, -0.05) is 19.3 Å². The second-order valence-corrected chi connectivity index (χ2v) is 2.81. The van der Waals surface area contributed by atoms with E-state index in [9.17, 15) is 4.79 Å². The van der Waals surface area contributed by atoms with Gasteiger partial charge in [0.25, 0.3) is 0 Å². The van der Waals surface area contributed by atoms with E-state index >= 15 is 0 Å². The number of rotatable bonds is 0. The monoisotopic (exact) mass is 166 g/mol. The topological polar surface area (TPSA) is 17.1 Å². The Morgan fingerprint density at radius 1 is 0.900 bits per heavy atom. The number of carbonyl (C=O) groups excluding carboxylic acids is 1. The van der Waals surface area contributed by atoms with Crippen molar-refractivity contribution in [2.24, 2.45) is 0 Å². The summed E-state index contributed by atoms with van der Waals surface area (Å²) < 4.78 is 0. The minimum absolute atomic E-state index is 0. The summed E-state index contributed by atoms with van der Waals surface area (Å²) in [5.74, 6) is 0.481. The van der Waals surface area contributed by atoms with Crippen LogP contribution in [0.1, 0.15) is 46.4 Å². The molecule has 0 saturated heterocycles. The molecule has 2 heteroatoms. The molecule has 0 radical (unpaired) electrons. The zero-order valence-corrected chi connectivity index (χ0v) is 9.98. The first-order valence-electron chi connectivity index (χ1n) is 3.91. The van der Waals surface area contributed by atoms with Crippen LogP contribution in [0.25, 0.3) is 0 Å². The summed E-state index contributed by atoms with van der Waals surface area (Å²) in [6.45, 7) is 0. The van der Waals surface area contributed by atoms with Crippen molar-refractivity contribution in [3.63, 3.8) is 0 Å². The van der Waals surface area contributed by atoms with E-state index in [-0.39, 0.29) is 52.8 Å². The average Bonchev–Trinajstić information content (AvgIpc) is 1.79. The molecule has 54 valence electrons. The van der Waals surface area contributed by atoms with Crippen LogP contribution in [0.2, 0.25) is 0 Å². The van der Waals surface area contributed by atoms with Crippen molar-refractivity contribution in [2.45, 2.75) is 44.9 Å². The number of hydrogen-bond donors (Lipinski definition) is 0. The minimum atomic E-state index is 0. The van der Waals surface area contributed by atoms with Gasteiger partial charge in [0.1, 0.15) is 5.78 Å². The van der Waals surface area contributed by atoms with E-state index in [2.05, 4.69) is 0 Å². The molecular weight excluding hydrogens is 151 g/mol. The van der Waals surface area contributed by atoms with Gasteiger partial charge in [0.15, 0.2) is 0 Å². The largest absolute Gasteiger partial charge is 1.00 e. The van der Waals surface area contributed by atoms with Gasteiger partial charge >= 0.3 is 51.4 Å². The first-order valence-corrected chi connectivity index (χ1v) is 3.91. The predicted molar refractivity (Wildman–Crippen MR) is 38.4 cm³/mol. The maximum Gasteiger partial charge on any atom is 1.00 e. The number of hydrogen-bond acceptors (Lipinski definition) is 1. The summed E-state index contributed by atoms with van der Waals surface area (Å²) in [6, 6.07) is 0. The quantitative estimate of drug-likeness (QED) is 0.440. The second kappa shape index (κ2) is 6.98. The van der Waals surface area contributed by atoms with Gasteiger partial charge < -0.3 is 1.43 Å². The van der Waals surface area contributed by atoms with Gasteiger partial charge in [-0.3, -0.25) is 4.79 Å². The fourth-order valence-corrected chi connectivity index (χ4v) is 1.30. The van der Waals surface area contributed by atoms with Crippen molar-refractivity contribution in [3.05, 3.63) is 0 Å². The Kier molecular flexibility index (Phi) is 7.89. The van der Waals surface area contributed by atoms with Crippen LogP contribution in [0.5, 0.6) is 0 Å². The molecular formula is C8H15KO. The van der Waals surface area contributed by atoms with Gasteiger partial charge in [0.05, 0.1) is 0 Å². The normalized spacial score (nSPS) is 20.6. The van der Waals surface area contributed by atoms with Crippen LogP contribution >= 0.6 is 0 Å². The smallest absolute Gasteiger partial charge is 1.00 e. The van der Waals surface area contributed by atoms with Gasteiger partial charge in [-0.2, -0.15) is 0 Å². The van der Waals surface area contributed by atoms with E-state index in [4.69, 9.17) is 0 Å². The van der Waals surface area contributed by atoms with Crippen LogP contribution in [0.3, 0.4) is 0 Å². The zero-order chi connectivity index (χ0) is 6.53. The molecule has 1 fully saturated rings. The molecule has 10 heavy (non-hydrogen) atoms. The number of carbonyl (C=O) groups is 1. The first kappa shape index (κ1) is 11.3. The van der Waals surface area contributed by atoms with E-state index in [1.807, 2.05) is 0 Å². The molecule has 0 aromatic carbocycles. The molecule has 0 bridgehead atoms. The molecule has 0 atom stereocenters. The Hall–Kier alpha value is 1.31. The van der Waals surface area contributed by atoms with Gasteiger partial charge in [0, 0.05) is 12.8 Å². The summed E-state index contributed by atoms with van der Waals surface area (Å²) >= 11 is 0. The van der Waals surface area contributed by atoms with Crippen LogP contribution in [0.4, 0.5) is 0 Å². The van der Waals surface area contributed by atoms with Crippen molar-refractivity contribution in [2.75, 3.05) is 0 Å². The van der Waals surface area contributed by atoms with Gasteiger partial charge in [-0.25, -0.2) is 0 Å². The van der Waals surface area contributed by atoms with E-state index in [0.717, 1.165) is 25.7 Å². The third-order valence-corrected chi connectivity index (χ3v) is 1.91. The Bertz CT molecular complexity index is 96.3. The summed E-state index contributed by atoms with van der Waals surface area (Å²) in [5, 5.41) is 0. The van der Waals surface area contributed by atoms with Crippen LogP contribution in [0.15, 0.2) is 0 Å². The van der Waals surface area contributed by atoms with Crippen LogP contribution in [-0.2, 0) is 4.79 Å². The fraction of sp³-hybridized carbons (Fsp3) is 0.875. The van der Waals surface area contributed by atoms with E-state index in [1.165, 1.54) is 19.3 Å². The minimum Gasteiger partial charge on any atom is -1.00 e. The molecule has 1 aliphatic rings. The van der Waals surface area contributed by atoms with E-state index in [1.54, 1.807) is 0 Å². The fourth-order valence-electron chi connectivity index (χ4n) is 1.30. The molecule has 0 heterocycles. The molecule has 0 aromatic heterocycles. The molecule has 0 aromatic rings. The SMILES string of the molecule is O=C1CCCCCCC1.[H-].[K+]. The second-order valence-electron chi connectivity index (χ2n) is 2.81. The molecule has 0 spiro atoms. The van der Waals surface area contributed by atoms with E-state index < -0.39 is 0 Å². The van der Waals surface area contributed by atoms with Gasteiger partial charge in [0.2, 0.25) is 0 Å². The Morgan fingerprint density at radius 2 is 1.30 bits per heavy atom. The van der Waals surface area contributed by atoms with Crippen LogP contribution in [-0.4, -0.2) is 5.78 Å². The van der Waals surface area contributed by atoms with Crippen molar-refractivity contribution < 1.29 is 57.6 Å². The molecule has 1 saturated carbocycles. The molecule has 1 nitrogen and oxygen atoms in total. The third kappa shape index (κ3) is 5.02. The summed E-state index contributed by atoms with van der Waals surface area (Å²) in [7, 11) is 0. The molecule has 0 unspecified atom stereocenters. The molecule has 1 aliphatic carbocycles. The van der Waals surface area contributed by atoms with Crippen molar-refractivity contribution >= 4 is 5.78 Å². The van der Waals surface area contributed by atoms with Gasteiger partial charge in [-0.05, 0) is 12.8 Å². The van der Waals surface area contributed by atoms with Crippen LogP contribution < -0.4 is 51.4 Å². The van der Waals surface area contributed by atoms with Crippen molar-refractivity contribution in [1.82, 2.24) is 0 Å². The number of Topliss-reactive ketones (excluding diaryl/α,β-unsaturated/α-hetero) is 1. The Morgan fingerprint density at radius 3 is 1.80 bits per heavy atom. The first-order chi connectivity index (χ1) is 4.39.